The quantitative estimate of drug-likeness (QED) is 0.834. The largest absolute Gasteiger partial charge is 0.339 e. The smallest absolute Gasteiger partial charge is 0.227 e. The van der Waals surface area contributed by atoms with E-state index in [0.717, 1.165) is 6.07 Å². The highest BCUT2D eigenvalue weighted by atomic mass is 19.1. The molecule has 0 N–H and O–H groups in total. The van der Waals surface area contributed by atoms with Crippen molar-refractivity contribution < 1.29 is 13.3 Å². The highest BCUT2D eigenvalue weighted by Gasteiger charge is 2.10. The molecule has 0 unspecified atom stereocenters. The monoisotopic (exact) mass is 249 g/mol. The molecule has 0 bridgehead atoms. The second-order valence-corrected chi connectivity index (χ2v) is 3.67. The normalized spacial score (nSPS) is 10.3. The molecule has 1 aromatic carbocycles. The molecular weight excluding hydrogens is 240 g/mol. The number of nitrogens with zero attached hydrogens (tertiary/aromatic N) is 3. The number of rotatable bonds is 4. The van der Waals surface area contributed by atoms with Gasteiger partial charge >= 0.3 is 0 Å². The molecule has 2 rings (SSSR count). The molecule has 4 nitrogen and oxygen atoms in total. The van der Waals surface area contributed by atoms with Gasteiger partial charge in [-0.15, -0.1) is 0 Å². The van der Waals surface area contributed by atoms with E-state index in [4.69, 9.17) is 9.78 Å². The van der Waals surface area contributed by atoms with Gasteiger partial charge in [-0.3, -0.25) is 0 Å². The Morgan fingerprint density at radius 3 is 2.89 bits per heavy atom. The Hall–Kier alpha value is -2.29. The third-order valence-corrected chi connectivity index (χ3v) is 2.32. The first-order chi connectivity index (χ1) is 8.69. The number of aryl methyl sites for hydroxylation is 1. The van der Waals surface area contributed by atoms with Crippen LogP contribution < -0.4 is 0 Å². The lowest BCUT2D eigenvalue weighted by Crippen LogP contribution is -1.96. The summed E-state index contributed by atoms with van der Waals surface area (Å²) in [4.78, 5) is 4.02. The fraction of sp³-hybridized carbons (Fsp3) is 0.250. The van der Waals surface area contributed by atoms with Crippen LogP contribution in [0.3, 0.4) is 0 Å². The molecule has 0 amide bonds. The minimum atomic E-state index is -0.640. The van der Waals surface area contributed by atoms with Gasteiger partial charge in [-0.1, -0.05) is 11.2 Å². The van der Waals surface area contributed by atoms with E-state index >= 15 is 0 Å². The van der Waals surface area contributed by atoms with Gasteiger partial charge in [-0.05, 0) is 11.6 Å². The number of hydrogen-bond donors (Lipinski definition) is 0. The van der Waals surface area contributed by atoms with Crippen LogP contribution in [0.4, 0.5) is 8.78 Å². The lowest BCUT2D eigenvalue weighted by atomic mass is 10.1. The molecule has 6 heteroatoms. The van der Waals surface area contributed by atoms with Crippen LogP contribution in [0.15, 0.2) is 22.7 Å². The van der Waals surface area contributed by atoms with E-state index in [1.54, 1.807) is 0 Å². The van der Waals surface area contributed by atoms with Crippen molar-refractivity contribution in [3.05, 3.63) is 47.1 Å². The standard InChI is InChI=1S/C12H9F2N3O/c13-9-4-3-8(10(14)7-9)6-11-16-12(18-17-11)2-1-5-15/h3-4,7H,1-2,6H2. The van der Waals surface area contributed by atoms with Crippen LogP contribution in [-0.4, -0.2) is 10.1 Å². The summed E-state index contributed by atoms with van der Waals surface area (Å²) < 4.78 is 31.0. The molecular formula is C12H9F2N3O. The maximum atomic E-state index is 13.4. The third-order valence-electron chi connectivity index (χ3n) is 2.32. The maximum Gasteiger partial charge on any atom is 0.227 e. The minimum Gasteiger partial charge on any atom is -0.339 e. The van der Waals surface area contributed by atoms with E-state index in [9.17, 15) is 8.78 Å². The van der Waals surface area contributed by atoms with Crippen molar-refractivity contribution in [1.29, 1.82) is 5.26 Å². The summed E-state index contributed by atoms with van der Waals surface area (Å²) in [5.74, 6) is -0.611. The topological polar surface area (TPSA) is 62.7 Å². The van der Waals surface area contributed by atoms with Crippen LogP contribution >= 0.6 is 0 Å². The maximum absolute atomic E-state index is 13.4. The van der Waals surface area contributed by atoms with Gasteiger partial charge in [-0.2, -0.15) is 10.2 Å². The minimum absolute atomic E-state index is 0.127. The summed E-state index contributed by atoms with van der Waals surface area (Å²) in [6, 6.07) is 5.29. The number of hydrogen-bond acceptors (Lipinski definition) is 4. The van der Waals surface area contributed by atoms with Gasteiger partial charge in [0.15, 0.2) is 5.82 Å². The summed E-state index contributed by atoms with van der Waals surface area (Å²) in [5.41, 5.74) is 0.295. The molecule has 0 spiro atoms. The summed E-state index contributed by atoms with van der Waals surface area (Å²) in [6.45, 7) is 0. The molecule has 92 valence electrons. The lowest BCUT2D eigenvalue weighted by molar-refractivity contribution is 0.374. The van der Waals surface area contributed by atoms with Crippen LogP contribution in [0.25, 0.3) is 0 Å². The van der Waals surface area contributed by atoms with Crippen molar-refractivity contribution in [3.8, 4) is 6.07 Å². The fourth-order valence-electron chi connectivity index (χ4n) is 1.46. The number of nitriles is 1. The Balaban J connectivity index is 2.09. The van der Waals surface area contributed by atoms with Crippen molar-refractivity contribution in [3.63, 3.8) is 0 Å². The van der Waals surface area contributed by atoms with Crippen LogP contribution in [0.1, 0.15) is 23.7 Å². The summed E-state index contributed by atoms with van der Waals surface area (Å²) in [6.07, 6.45) is 0.782. The van der Waals surface area contributed by atoms with Crippen molar-refractivity contribution in [1.82, 2.24) is 10.1 Å². The van der Waals surface area contributed by atoms with E-state index in [1.807, 2.05) is 6.07 Å². The highest BCUT2D eigenvalue weighted by Crippen LogP contribution is 2.13. The fourth-order valence-corrected chi connectivity index (χ4v) is 1.46. The van der Waals surface area contributed by atoms with E-state index < -0.39 is 11.6 Å². The van der Waals surface area contributed by atoms with Gasteiger partial charge < -0.3 is 4.52 Å². The van der Waals surface area contributed by atoms with Gasteiger partial charge in [0, 0.05) is 25.3 Å². The average molecular weight is 249 g/mol. The summed E-state index contributed by atoms with van der Waals surface area (Å²) in [7, 11) is 0. The molecule has 1 heterocycles. The molecule has 0 aliphatic rings. The molecule has 0 radical (unpaired) electrons. The van der Waals surface area contributed by atoms with Crippen molar-refractivity contribution in [2.24, 2.45) is 0 Å². The van der Waals surface area contributed by atoms with Crippen LogP contribution in [0, 0.1) is 23.0 Å². The number of benzene rings is 1. The summed E-state index contributed by atoms with van der Waals surface area (Å²) in [5, 5.41) is 12.1. The Morgan fingerprint density at radius 1 is 1.33 bits per heavy atom. The zero-order chi connectivity index (χ0) is 13.0. The molecule has 0 saturated carbocycles. The molecule has 1 aromatic heterocycles. The van der Waals surface area contributed by atoms with Gasteiger partial charge in [0.25, 0.3) is 0 Å². The van der Waals surface area contributed by atoms with Crippen LogP contribution in [0.2, 0.25) is 0 Å². The second kappa shape index (κ2) is 5.36. The predicted octanol–water partition coefficient (Wildman–Crippen LogP) is 2.39. The Bertz CT molecular complexity index is 589. The Kier molecular flexibility index (Phi) is 3.63. The summed E-state index contributed by atoms with van der Waals surface area (Å²) >= 11 is 0. The Morgan fingerprint density at radius 2 is 2.17 bits per heavy atom. The number of aromatic nitrogens is 2. The molecule has 18 heavy (non-hydrogen) atoms. The predicted molar refractivity (Wildman–Crippen MR) is 57.4 cm³/mol. The molecule has 0 aliphatic carbocycles. The molecule has 0 saturated heterocycles. The van der Waals surface area contributed by atoms with Gasteiger partial charge in [0.1, 0.15) is 11.6 Å². The van der Waals surface area contributed by atoms with E-state index in [1.165, 1.54) is 12.1 Å². The van der Waals surface area contributed by atoms with Gasteiger partial charge in [-0.25, -0.2) is 8.78 Å². The van der Waals surface area contributed by atoms with E-state index in [2.05, 4.69) is 10.1 Å². The highest BCUT2D eigenvalue weighted by molar-refractivity contribution is 5.21. The number of halogens is 2. The van der Waals surface area contributed by atoms with Crippen LogP contribution in [-0.2, 0) is 12.8 Å². The third kappa shape index (κ3) is 2.88. The van der Waals surface area contributed by atoms with Gasteiger partial charge in [0.2, 0.25) is 5.89 Å². The van der Waals surface area contributed by atoms with E-state index in [0.29, 0.717) is 23.7 Å². The zero-order valence-corrected chi connectivity index (χ0v) is 9.36. The van der Waals surface area contributed by atoms with Gasteiger partial charge in [0.05, 0.1) is 6.07 Å². The molecule has 0 fully saturated rings. The second-order valence-electron chi connectivity index (χ2n) is 3.67. The first kappa shape index (κ1) is 12.2. The zero-order valence-electron chi connectivity index (χ0n) is 9.36. The van der Waals surface area contributed by atoms with Crippen LogP contribution in [0.5, 0.6) is 0 Å². The Labute approximate surface area is 102 Å². The average Bonchev–Trinajstić information content (AvgIpc) is 2.78. The first-order valence-corrected chi connectivity index (χ1v) is 5.31. The van der Waals surface area contributed by atoms with Crippen molar-refractivity contribution in [2.75, 3.05) is 0 Å². The van der Waals surface area contributed by atoms with Crippen molar-refractivity contribution in [2.45, 2.75) is 19.3 Å². The van der Waals surface area contributed by atoms with Crippen molar-refractivity contribution >= 4 is 0 Å². The molecule has 0 atom stereocenters. The molecule has 0 aliphatic heterocycles. The first-order valence-electron chi connectivity index (χ1n) is 5.31. The lowest BCUT2D eigenvalue weighted by Gasteiger charge is -1.98. The SMILES string of the molecule is N#CCCc1nc(Cc2ccc(F)cc2F)no1. The molecule has 2 aromatic rings. The van der Waals surface area contributed by atoms with E-state index in [-0.39, 0.29) is 12.8 Å².